The summed E-state index contributed by atoms with van der Waals surface area (Å²) in [4.78, 5) is 19.8. The van der Waals surface area contributed by atoms with E-state index in [2.05, 4.69) is 4.98 Å². The van der Waals surface area contributed by atoms with Crippen molar-refractivity contribution in [2.45, 2.75) is 32.4 Å². The molecule has 0 saturated heterocycles. The van der Waals surface area contributed by atoms with E-state index in [1.165, 1.54) is 0 Å². The summed E-state index contributed by atoms with van der Waals surface area (Å²) < 4.78 is 1.94. The average Bonchev–Trinajstić information content (AvgIpc) is 2.92. The van der Waals surface area contributed by atoms with Crippen LogP contribution in [0.1, 0.15) is 19.8 Å². The second-order valence-corrected chi connectivity index (χ2v) is 5.71. The number of thiophene rings is 1. The second kappa shape index (κ2) is 5.17. The van der Waals surface area contributed by atoms with Crippen LogP contribution in [0.3, 0.4) is 0 Å². The summed E-state index contributed by atoms with van der Waals surface area (Å²) in [7, 11) is 0. The van der Waals surface area contributed by atoms with E-state index >= 15 is 0 Å². The first kappa shape index (κ1) is 12.4. The molecule has 19 heavy (non-hydrogen) atoms. The van der Waals surface area contributed by atoms with Crippen LogP contribution in [0.2, 0.25) is 0 Å². The van der Waals surface area contributed by atoms with E-state index in [9.17, 15) is 4.79 Å². The SMILES string of the molecule is CCN(C(=O)Cn1ccnc1-c1cccs1)C1CC1. The molecular formula is C14H17N3OS. The Bertz CT molecular complexity index is 557. The van der Waals surface area contributed by atoms with Crippen molar-refractivity contribution in [1.29, 1.82) is 0 Å². The van der Waals surface area contributed by atoms with Gasteiger partial charge in [0.25, 0.3) is 0 Å². The van der Waals surface area contributed by atoms with Gasteiger partial charge in [-0.1, -0.05) is 6.07 Å². The number of likely N-dealkylation sites (N-methyl/N-ethyl adjacent to an activating group) is 1. The molecule has 0 atom stereocenters. The highest BCUT2D eigenvalue weighted by Gasteiger charge is 2.31. The number of amides is 1. The van der Waals surface area contributed by atoms with Crippen LogP contribution in [-0.4, -0.2) is 32.9 Å². The van der Waals surface area contributed by atoms with Crippen LogP contribution in [0.25, 0.3) is 10.7 Å². The number of carbonyl (C=O) groups excluding carboxylic acids is 1. The Labute approximate surface area is 116 Å². The van der Waals surface area contributed by atoms with E-state index in [0.717, 1.165) is 30.1 Å². The van der Waals surface area contributed by atoms with Crippen LogP contribution in [0, 0.1) is 0 Å². The largest absolute Gasteiger partial charge is 0.338 e. The lowest BCUT2D eigenvalue weighted by molar-refractivity contribution is -0.132. The van der Waals surface area contributed by atoms with E-state index in [1.54, 1.807) is 17.5 Å². The third-order valence-corrected chi connectivity index (χ3v) is 4.28. The molecule has 100 valence electrons. The summed E-state index contributed by atoms with van der Waals surface area (Å²) in [6.45, 7) is 3.23. The highest BCUT2D eigenvalue weighted by molar-refractivity contribution is 7.13. The van der Waals surface area contributed by atoms with Crippen LogP contribution in [0.15, 0.2) is 29.9 Å². The Balaban J connectivity index is 1.76. The van der Waals surface area contributed by atoms with Crippen LogP contribution in [0.4, 0.5) is 0 Å². The molecule has 0 spiro atoms. The van der Waals surface area contributed by atoms with Gasteiger partial charge in [0, 0.05) is 25.0 Å². The molecule has 4 nitrogen and oxygen atoms in total. The van der Waals surface area contributed by atoms with E-state index < -0.39 is 0 Å². The summed E-state index contributed by atoms with van der Waals surface area (Å²) in [5.41, 5.74) is 0. The Morgan fingerprint density at radius 1 is 1.58 bits per heavy atom. The lowest BCUT2D eigenvalue weighted by atomic mass is 10.4. The Hall–Kier alpha value is -1.62. The minimum absolute atomic E-state index is 0.195. The van der Waals surface area contributed by atoms with Gasteiger partial charge in [-0.05, 0) is 31.2 Å². The highest BCUT2D eigenvalue weighted by Crippen LogP contribution is 2.27. The number of rotatable bonds is 5. The molecule has 0 N–H and O–H groups in total. The molecule has 2 aromatic heterocycles. The lowest BCUT2D eigenvalue weighted by Gasteiger charge is -2.20. The van der Waals surface area contributed by atoms with Crippen molar-refractivity contribution in [1.82, 2.24) is 14.5 Å². The Morgan fingerprint density at radius 3 is 3.05 bits per heavy atom. The first-order chi connectivity index (χ1) is 9.29. The molecule has 1 fully saturated rings. The maximum Gasteiger partial charge on any atom is 0.242 e. The zero-order valence-corrected chi connectivity index (χ0v) is 11.8. The first-order valence-corrected chi connectivity index (χ1v) is 7.52. The van der Waals surface area contributed by atoms with Gasteiger partial charge in [0.15, 0.2) is 0 Å². The predicted molar refractivity (Wildman–Crippen MR) is 75.9 cm³/mol. The number of carbonyl (C=O) groups is 1. The van der Waals surface area contributed by atoms with Gasteiger partial charge in [0.1, 0.15) is 12.4 Å². The molecule has 3 rings (SSSR count). The normalized spacial score (nSPS) is 14.6. The zero-order chi connectivity index (χ0) is 13.2. The van der Waals surface area contributed by atoms with Crippen LogP contribution in [0.5, 0.6) is 0 Å². The maximum absolute atomic E-state index is 12.3. The summed E-state index contributed by atoms with van der Waals surface area (Å²) in [5.74, 6) is 1.08. The Morgan fingerprint density at radius 2 is 2.42 bits per heavy atom. The molecule has 0 radical (unpaired) electrons. The van der Waals surface area contributed by atoms with Gasteiger partial charge >= 0.3 is 0 Å². The third kappa shape index (κ3) is 2.56. The average molecular weight is 275 g/mol. The molecule has 2 heterocycles. The van der Waals surface area contributed by atoms with Gasteiger partial charge in [-0.25, -0.2) is 4.98 Å². The molecule has 0 aromatic carbocycles. The van der Waals surface area contributed by atoms with Gasteiger partial charge in [-0.15, -0.1) is 11.3 Å². The predicted octanol–water partition coefficient (Wildman–Crippen LogP) is 2.62. The second-order valence-electron chi connectivity index (χ2n) is 4.77. The van der Waals surface area contributed by atoms with E-state index in [4.69, 9.17) is 0 Å². The standard InChI is InChI=1S/C14H17N3OS/c1-2-17(11-5-6-11)13(18)10-16-8-7-15-14(16)12-4-3-9-19-12/h3-4,7-9,11H,2,5-6,10H2,1H3. The van der Waals surface area contributed by atoms with Gasteiger partial charge in [0.2, 0.25) is 5.91 Å². The van der Waals surface area contributed by atoms with Crippen LogP contribution < -0.4 is 0 Å². The zero-order valence-electron chi connectivity index (χ0n) is 11.0. The van der Waals surface area contributed by atoms with Crippen LogP contribution in [-0.2, 0) is 11.3 Å². The van der Waals surface area contributed by atoms with Gasteiger partial charge < -0.3 is 9.47 Å². The molecule has 1 saturated carbocycles. The minimum Gasteiger partial charge on any atom is -0.338 e. The van der Waals surface area contributed by atoms with Crippen molar-refractivity contribution in [3.05, 3.63) is 29.9 Å². The summed E-state index contributed by atoms with van der Waals surface area (Å²) in [5, 5.41) is 2.03. The molecule has 1 amide bonds. The highest BCUT2D eigenvalue weighted by atomic mass is 32.1. The molecule has 5 heteroatoms. The van der Waals surface area contributed by atoms with Crippen molar-refractivity contribution >= 4 is 17.2 Å². The number of aromatic nitrogens is 2. The lowest BCUT2D eigenvalue weighted by Crippen LogP contribution is -2.35. The van der Waals surface area contributed by atoms with Crippen LogP contribution >= 0.6 is 11.3 Å². The first-order valence-electron chi connectivity index (χ1n) is 6.64. The minimum atomic E-state index is 0.195. The van der Waals surface area contributed by atoms with E-state index in [1.807, 2.05) is 40.1 Å². The molecule has 0 bridgehead atoms. The van der Waals surface area contributed by atoms with Gasteiger partial charge in [-0.3, -0.25) is 4.79 Å². The third-order valence-electron chi connectivity index (χ3n) is 3.41. The number of nitrogens with zero attached hydrogens (tertiary/aromatic N) is 3. The fraction of sp³-hybridized carbons (Fsp3) is 0.429. The maximum atomic E-state index is 12.3. The monoisotopic (exact) mass is 275 g/mol. The quantitative estimate of drug-likeness (QED) is 0.841. The molecule has 0 unspecified atom stereocenters. The number of hydrogen-bond donors (Lipinski definition) is 0. The fourth-order valence-electron chi connectivity index (χ4n) is 2.33. The van der Waals surface area contributed by atoms with Crippen molar-refractivity contribution in [3.8, 4) is 10.7 Å². The number of hydrogen-bond acceptors (Lipinski definition) is 3. The van der Waals surface area contributed by atoms with E-state index in [-0.39, 0.29) is 5.91 Å². The summed E-state index contributed by atoms with van der Waals surface area (Å²) in [6, 6.07) is 4.52. The van der Waals surface area contributed by atoms with Crippen molar-refractivity contribution in [2.75, 3.05) is 6.54 Å². The van der Waals surface area contributed by atoms with E-state index in [0.29, 0.717) is 12.6 Å². The van der Waals surface area contributed by atoms with Gasteiger partial charge in [0.05, 0.1) is 4.88 Å². The topological polar surface area (TPSA) is 38.1 Å². The van der Waals surface area contributed by atoms with Crippen molar-refractivity contribution in [2.24, 2.45) is 0 Å². The van der Waals surface area contributed by atoms with Crippen molar-refractivity contribution in [3.63, 3.8) is 0 Å². The molecule has 1 aliphatic rings. The smallest absolute Gasteiger partial charge is 0.242 e. The molecule has 2 aromatic rings. The summed E-state index contributed by atoms with van der Waals surface area (Å²) >= 11 is 1.65. The fourth-order valence-corrected chi connectivity index (χ4v) is 3.06. The molecule has 0 aliphatic heterocycles. The number of imidazole rings is 1. The van der Waals surface area contributed by atoms with Gasteiger partial charge in [-0.2, -0.15) is 0 Å². The molecular weight excluding hydrogens is 258 g/mol. The Kier molecular flexibility index (Phi) is 3.38. The van der Waals surface area contributed by atoms with Crippen molar-refractivity contribution < 1.29 is 4.79 Å². The summed E-state index contributed by atoms with van der Waals surface area (Å²) in [6.07, 6.45) is 5.95. The molecule has 1 aliphatic carbocycles.